The van der Waals surface area contributed by atoms with E-state index in [0.717, 1.165) is 19.3 Å². The maximum Gasteiger partial charge on any atom is 0.315 e. The Morgan fingerprint density at radius 2 is 2.24 bits per heavy atom. The lowest BCUT2D eigenvalue weighted by Gasteiger charge is -2.20. The summed E-state index contributed by atoms with van der Waals surface area (Å²) in [6.45, 7) is 4.46. The molecule has 0 saturated carbocycles. The van der Waals surface area contributed by atoms with Gasteiger partial charge in [0, 0.05) is 12.6 Å². The first-order chi connectivity index (χ1) is 8.09. The minimum absolute atomic E-state index is 0.124. The number of carbonyl (C=O) groups is 1. The van der Waals surface area contributed by atoms with Crippen LogP contribution in [0.25, 0.3) is 0 Å². The van der Waals surface area contributed by atoms with Gasteiger partial charge in [-0.1, -0.05) is 26.0 Å². The van der Waals surface area contributed by atoms with Gasteiger partial charge in [-0.15, -0.1) is 0 Å². The van der Waals surface area contributed by atoms with Gasteiger partial charge in [0.1, 0.15) is 0 Å². The Morgan fingerprint density at radius 3 is 2.82 bits per heavy atom. The molecular weight excluding hydrogens is 216 g/mol. The molecule has 0 heterocycles. The highest BCUT2D eigenvalue weighted by atomic mass is 16.3. The first-order valence-electron chi connectivity index (χ1n) is 6.47. The molecule has 2 unspecified atom stereocenters. The van der Waals surface area contributed by atoms with Crippen LogP contribution in [0.4, 0.5) is 4.79 Å². The number of nitrogens with one attached hydrogen (secondary N) is 2. The number of allylic oxidation sites excluding steroid dienone is 1. The van der Waals surface area contributed by atoms with Crippen LogP contribution in [0.3, 0.4) is 0 Å². The highest BCUT2D eigenvalue weighted by Crippen LogP contribution is 2.10. The van der Waals surface area contributed by atoms with Crippen LogP contribution in [0.15, 0.2) is 12.2 Å². The van der Waals surface area contributed by atoms with E-state index in [4.69, 9.17) is 0 Å². The lowest BCUT2D eigenvalue weighted by Crippen LogP contribution is -2.43. The maximum atomic E-state index is 11.5. The molecule has 0 aromatic carbocycles. The van der Waals surface area contributed by atoms with E-state index in [9.17, 15) is 9.90 Å². The number of hydrogen-bond donors (Lipinski definition) is 3. The van der Waals surface area contributed by atoms with E-state index >= 15 is 0 Å². The van der Waals surface area contributed by atoms with Crippen molar-refractivity contribution in [2.75, 3.05) is 6.54 Å². The van der Waals surface area contributed by atoms with Crippen LogP contribution in [0, 0.1) is 5.92 Å². The number of aliphatic hydroxyl groups excluding tert-OH is 1. The van der Waals surface area contributed by atoms with Crippen LogP contribution >= 0.6 is 0 Å². The molecule has 4 nitrogen and oxygen atoms in total. The Balaban J connectivity index is 2.10. The van der Waals surface area contributed by atoms with Gasteiger partial charge in [-0.3, -0.25) is 0 Å². The molecule has 1 aliphatic rings. The third-order valence-electron chi connectivity index (χ3n) is 3.10. The second-order valence-corrected chi connectivity index (χ2v) is 4.98. The number of hydrogen-bond acceptors (Lipinski definition) is 2. The minimum atomic E-state index is -0.340. The summed E-state index contributed by atoms with van der Waals surface area (Å²) in [7, 11) is 0. The molecule has 0 radical (unpaired) electrons. The van der Waals surface area contributed by atoms with Gasteiger partial charge >= 0.3 is 6.03 Å². The van der Waals surface area contributed by atoms with Crippen LogP contribution in [-0.4, -0.2) is 29.8 Å². The van der Waals surface area contributed by atoms with Gasteiger partial charge < -0.3 is 15.7 Å². The summed E-state index contributed by atoms with van der Waals surface area (Å²) >= 11 is 0. The lowest BCUT2D eigenvalue weighted by atomic mass is 10.0. The van der Waals surface area contributed by atoms with Crippen molar-refractivity contribution in [3.8, 4) is 0 Å². The fourth-order valence-corrected chi connectivity index (χ4v) is 1.83. The quantitative estimate of drug-likeness (QED) is 0.642. The summed E-state index contributed by atoms with van der Waals surface area (Å²) in [4.78, 5) is 11.5. The fourth-order valence-electron chi connectivity index (χ4n) is 1.83. The van der Waals surface area contributed by atoms with Gasteiger partial charge in [-0.05, 0) is 31.6 Å². The predicted molar refractivity (Wildman–Crippen MR) is 68.8 cm³/mol. The maximum absolute atomic E-state index is 11.5. The molecule has 4 heteroatoms. The third kappa shape index (κ3) is 5.73. The smallest absolute Gasteiger partial charge is 0.315 e. The van der Waals surface area contributed by atoms with E-state index in [-0.39, 0.29) is 24.1 Å². The first-order valence-corrected chi connectivity index (χ1v) is 6.47. The van der Waals surface area contributed by atoms with Gasteiger partial charge in [0.05, 0.1) is 6.10 Å². The molecular formula is C13H24N2O2. The monoisotopic (exact) mass is 240 g/mol. The molecule has 3 N–H and O–H groups in total. The van der Waals surface area contributed by atoms with Crippen molar-refractivity contribution in [3.63, 3.8) is 0 Å². The van der Waals surface area contributed by atoms with Gasteiger partial charge in [0.25, 0.3) is 0 Å². The van der Waals surface area contributed by atoms with E-state index in [0.29, 0.717) is 13.0 Å². The summed E-state index contributed by atoms with van der Waals surface area (Å²) in [5.41, 5.74) is 0. The zero-order valence-electron chi connectivity index (χ0n) is 10.8. The number of amides is 2. The van der Waals surface area contributed by atoms with Gasteiger partial charge in [0.15, 0.2) is 0 Å². The Bertz CT molecular complexity index is 264. The molecule has 1 aliphatic carbocycles. The van der Waals surface area contributed by atoms with Crippen molar-refractivity contribution < 1.29 is 9.90 Å². The van der Waals surface area contributed by atoms with E-state index < -0.39 is 0 Å². The van der Waals surface area contributed by atoms with E-state index in [1.165, 1.54) is 0 Å². The largest absolute Gasteiger partial charge is 0.393 e. The van der Waals surface area contributed by atoms with Gasteiger partial charge in [0.2, 0.25) is 0 Å². The van der Waals surface area contributed by atoms with Crippen molar-refractivity contribution in [3.05, 3.63) is 12.2 Å². The predicted octanol–water partition coefficient (Wildman–Crippen LogP) is 1.80. The standard InChI is InChI=1S/C13H24N2O2/c1-10(2)12(16)8-9-14-13(17)15-11-6-4-3-5-7-11/h3-4,10-12,16H,5-9H2,1-2H3,(H2,14,15,17). The van der Waals surface area contributed by atoms with E-state index in [1.54, 1.807) is 0 Å². The zero-order valence-corrected chi connectivity index (χ0v) is 10.8. The Kier molecular flexibility index (Phi) is 6.05. The summed E-state index contributed by atoms with van der Waals surface area (Å²) in [6.07, 6.45) is 7.49. The van der Waals surface area contributed by atoms with Crippen LogP contribution in [0.5, 0.6) is 0 Å². The molecule has 0 saturated heterocycles. The van der Waals surface area contributed by atoms with E-state index in [2.05, 4.69) is 22.8 Å². The molecule has 0 aromatic rings. The van der Waals surface area contributed by atoms with Gasteiger partial charge in [-0.2, -0.15) is 0 Å². The summed E-state index contributed by atoms with van der Waals surface area (Å²) in [5, 5.41) is 15.3. The van der Waals surface area contributed by atoms with Crippen LogP contribution in [0.2, 0.25) is 0 Å². The molecule has 2 amide bonds. The highest BCUT2D eigenvalue weighted by molar-refractivity contribution is 5.74. The van der Waals surface area contributed by atoms with Crippen molar-refractivity contribution in [2.24, 2.45) is 5.92 Å². The molecule has 0 spiro atoms. The van der Waals surface area contributed by atoms with Crippen molar-refractivity contribution in [1.29, 1.82) is 0 Å². The van der Waals surface area contributed by atoms with Crippen molar-refractivity contribution in [2.45, 2.75) is 51.7 Å². The zero-order chi connectivity index (χ0) is 12.7. The molecule has 98 valence electrons. The highest BCUT2D eigenvalue weighted by Gasteiger charge is 2.13. The van der Waals surface area contributed by atoms with Crippen LogP contribution in [-0.2, 0) is 0 Å². The average Bonchev–Trinajstić information content (AvgIpc) is 2.30. The Morgan fingerprint density at radius 1 is 1.47 bits per heavy atom. The normalized spacial score (nSPS) is 21.3. The average molecular weight is 240 g/mol. The molecule has 0 aromatic heterocycles. The number of rotatable bonds is 5. The van der Waals surface area contributed by atoms with Crippen molar-refractivity contribution >= 4 is 6.03 Å². The molecule has 0 bridgehead atoms. The first kappa shape index (κ1) is 14.0. The number of carbonyl (C=O) groups excluding carboxylic acids is 1. The van der Waals surface area contributed by atoms with Gasteiger partial charge in [-0.25, -0.2) is 4.79 Å². The number of aliphatic hydroxyl groups is 1. The summed E-state index contributed by atoms with van der Waals surface area (Å²) in [6, 6.07) is 0.135. The van der Waals surface area contributed by atoms with Crippen molar-refractivity contribution in [1.82, 2.24) is 10.6 Å². The minimum Gasteiger partial charge on any atom is -0.393 e. The molecule has 1 rings (SSSR count). The van der Waals surface area contributed by atoms with Crippen LogP contribution < -0.4 is 10.6 Å². The second kappa shape index (κ2) is 7.33. The van der Waals surface area contributed by atoms with E-state index in [1.807, 2.05) is 13.8 Å². The summed E-state index contributed by atoms with van der Waals surface area (Å²) < 4.78 is 0. The summed E-state index contributed by atoms with van der Waals surface area (Å²) in [5.74, 6) is 0.239. The molecule has 17 heavy (non-hydrogen) atoms. The molecule has 0 fully saturated rings. The fraction of sp³-hybridized carbons (Fsp3) is 0.769. The molecule has 2 atom stereocenters. The number of urea groups is 1. The third-order valence-corrected chi connectivity index (χ3v) is 3.10. The Hall–Kier alpha value is -1.03. The molecule has 0 aliphatic heterocycles. The lowest BCUT2D eigenvalue weighted by molar-refractivity contribution is 0.116. The second-order valence-electron chi connectivity index (χ2n) is 4.98. The SMILES string of the molecule is CC(C)C(O)CCNC(=O)NC1CC=CCC1. The van der Waals surface area contributed by atoms with Crippen LogP contribution in [0.1, 0.15) is 39.5 Å². The topological polar surface area (TPSA) is 61.4 Å². The Labute approximate surface area is 103 Å².